The minimum absolute atomic E-state index is 0.0771. The van der Waals surface area contributed by atoms with Crippen molar-refractivity contribution in [2.75, 3.05) is 19.8 Å². The smallest absolute Gasteiger partial charge is 0.343 e. The van der Waals surface area contributed by atoms with E-state index < -0.39 is 11.9 Å². The van der Waals surface area contributed by atoms with Crippen LogP contribution in [0.3, 0.4) is 0 Å². The Morgan fingerprint density at radius 3 is 2.34 bits per heavy atom. The first-order chi connectivity index (χ1) is 14.1. The van der Waals surface area contributed by atoms with Crippen LogP contribution >= 0.6 is 0 Å². The van der Waals surface area contributed by atoms with Crippen molar-refractivity contribution in [3.05, 3.63) is 72.3 Å². The van der Waals surface area contributed by atoms with E-state index in [1.165, 1.54) is 6.07 Å². The molecule has 0 aliphatic rings. The standard InChI is InChI=1S/C23H26O6/c1-2-15-27-16-8-3-4-9-17-28-20-14-10-13-19(22(24)25)21(20)29-23(26)18-11-6-5-7-12-18/h2,5-7,10-14H,1,3-4,8-9,15-17H2,(H,24,25). The summed E-state index contributed by atoms with van der Waals surface area (Å²) in [5, 5.41) is 9.44. The van der Waals surface area contributed by atoms with E-state index in [4.69, 9.17) is 14.2 Å². The van der Waals surface area contributed by atoms with Crippen LogP contribution in [0.1, 0.15) is 46.4 Å². The first kappa shape index (κ1) is 22.2. The third-order valence-corrected chi connectivity index (χ3v) is 4.09. The van der Waals surface area contributed by atoms with E-state index in [1.54, 1.807) is 48.5 Å². The van der Waals surface area contributed by atoms with Crippen LogP contribution < -0.4 is 9.47 Å². The number of carboxylic acids is 1. The molecule has 0 aliphatic carbocycles. The van der Waals surface area contributed by atoms with E-state index in [2.05, 4.69) is 6.58 Å². The molecule has 0 radical (unpaired) electrons. The average Bonchev–Trinajstić information content (AvgIpc) is 2.73. The van der Waals surface area contributed by atoms with Gasteiger partial charge in [-0.15, -0.1) is 6.58 Å². The number of benzene rings is 2. The molecule has 6 heteroatoms. The van der Waals surface area contributed by atoms with Crippen molar-refractivity contribution in [3.8, 4) is 11.5 Å². The highest BCUT2D eigenvalue weighted by Crippen LogP contribution is 2.32. The van der Waals surface area contributed by atoms with Gasteiger partial charge in [0.15, 0.2) is 11.5 Å². The van der Waals surface area contributed by atoms with Crippen molar-refractivity contribution >= 4 is 11.9 Å². The zero-order valence-electron chi connectivity index (χ0n) is 16.3. The fourth-order valence-corrected chi connectivity index (χ4v) is 2.64. The minimum atomic E-state index is -1.19. The molecule has 0 bridgehead atoms. The molecular weight excluding hydrogens is 372 g/mol. The maximum absolute atomic E-state index is 12.4. The molecular formula is C23H26O6. The third kappa shape index (κ3) is 7.43. The van der Waals surface area contributed by atoms with E-state index in [-0.39, 0.29) is 17.1 Å². The molecule has 29 heavy (non-hydrogen) atoms. The monoisotopic (exact) mass is 398 g/mol. The summed E-state index contributed by atoms with van der Waals surface area (Å²) in [7, 11) is 0. The quantitative estimate of drug-likeness (QED) is 0.227. The summed E-state index contributed by atoms with van der Waals surface area (Å²) in [5.41, 5.74) is 0.212. The van der Waals surface area contributed by atoms with Crippen LogP contribution in [0.5, 0.6) is 11.5 Å². The Kier molecular flexibility index (Phi) is 9.45. The fraction of sp³-hybridized carbons (Fsp3) is 0.304. The highest BCUT2D eigenvalue weighted by atomic mass is 16.6. The number of carbonyl (C=O) groups is 2. The number of carbonyl (C=O) groups excluding carboxylic acids is 1. The number of hydrogen-bond donors (Lipinski definition) is 1. The lowest BCUT2D eigenvalue weighted by atomic mass is 10.1. The van der Waals surface area contributed by atoms with Crippen molar-refractivity contribution in [1.29, 1.82) is 0 Å². The summed E-state index contributed by atoms with van der Waals surface area (Å²) in [4.78, 5) is 23.9. The lowest BCUT2D eigenvalue weighted by Crippen LogP contribution is -2.13. The van der Waals surface area contributed by atoms with Gasteiger partial charge in [0, 0.05) is 6.61 Å². The van der Waals surface area contributed by atoms with Gasteiger partial charge in [0.05, 0.1) is 18.8 Å². The number of aromatic carboxylic acids is 1. The Morgan fingerprint density at radius 2 is 1.66 bits per heavy atom. The summed E-state index contributed by atoms with van der Waals surface area (Å²) >= 11 is 0. The van der Waals surface area contributed by atoms with E-state index in [0.29, 0.717) is 25.4 Å². The van der Waals surface area contributed by atoms with E-state index in [9.17, 15) is 14.7 Å². The summed E-state index contributed by atoms with van der Waals surface area (Å²) < 4.78 is 16.4. The summed E-state index contributed by atoms with van der Waals surface area (Å²) in [6.07, 6.45) is 5.44. The Bertz CT molecular complexity index is 800. The molecule has 0 unspecified atom stereocenters. The van der Waals surface area contributed by atoms with Crippen LogP contribution in [0.25, 0.3) is 0 Å². The molecule has 0 saturated heterocycles. The maximum atomic E-state index is 12.4. The Labute approximate surface area is 170 Å². The highest BCUT2D eigenvalue weighted by molar-refractivity contribution is 5.96. The predicted molar refractivity (Wildman–Crippen MR) is 110 cm³/mol. The van der Waals surface area contributed by atoms with Crippen LogP contribution in [0, 0.1) is 0 Å². The van der Waals surface area contributed by atoms with Gasteiger partial charge >= 0.3 is 11.9 Å². The molecule has 0 aromatic heterocycles. The van der Waals surface area contributed by atoms with Crippen molar-refractivity contribution in [1.82, 2.24) is 0 Å². The number of carboxylic acid groups (broad SMARTS) is 1. The molecule has 154 valence electrons. The second-order valence-corrected chi connectivity index (χ2v) is 6.32. The number of ether oxygens (including phenoxy) is 3. The van der Waals surface area contributed by atoms with Crippen molar-refractivity contribution in [2.45, 2.75) is 25.7 Å². The Morgan fingerprint density at radius 1 is 0.931 bits per heavy atom. The van der Waals surface area contributed by atoms with Gasteiger partial charge in [-0.1, -0.05) is 36.8 Å². The van der Waals surface area contributed by atoms with Gasteiger partial charge in [0.2, 0.25) is 0 Å². The zero-order chi connectivity index (χ0) is 20.9. The molecule has 2 rings (SSSR count). The lowest BCUT2D eigenvalue weighted by Gasteiger charge is -2.14. The average molecular weight is 398 g/mol. The normalized spacial score (nSPS) is 10.3. The molecule has 2 aromatic carbocycles. The van der Waals surface area contributed by atoms with Gasteiger partial charge in [0.1, 0.15) is 5.56 Å². The van der Waals surface area contributed by atoms with Crippen LogP contribution in [0.15, 0.2) is 61.2 Å². The first-order valence-electron chi connectivity index (χ1n) is 9.58. The molecule has 1 N–H and O–H groups in total. The van der Waals surface area contributed by atoms with Gasteiger partial charge in [-0.25, -0.2) is 9.59 Å². The number of unbranched alkanes of at least 4 members (excludes halogenated alkanes) is 3. The van der Waals surface area contributed by atoms with Crippen LogP contribution in [0.2, 0.25) is 0 Å². The first-order valence-corrected chi connectivity index (χ1v) is 9.58. The molecule has 0 amide bonds. The third-order valence-electron chi connectivity index (χ3n) is 4.09. The Hall–Kier alpha value is -3.12. The lowest BCUT2D eigenvalue weighted by molar-refractivity contribution is 0.0677. The van der Waals surface area contributed by atoms with Crippen LogP contribution in [0.4, 0.5) is 0 Å². The fourth-order valence-electron chi connectivity index (χ4n) is 2.64. The molecule has 0 saturated carbocycles. The van der Waals surface area contributed by atoms with Crippen molar-refractivity contribution < 1.29 is 28.9 Å². The molecule has 0 spiro atoms. The molecule has 0 atom stereocenters. The number of hydrogen-bond acceptors (Lipinski definition) is 5. The second kappa shape index (κ2) is 12.4. The van der Waals surface area contributed by atoms with Crippen LogP contribution in [-0.4, -0.2) is 36.9 Å². The largest absolute Gasteiger partial charge is 0.490 e. The zero-order valence-corrected chi connectivity index (χ0v) is 16.3. The molecule has 2 aromatic rings. The van der Waals surface area contributed by atoms with Gasteiger partial charge < -0.3 is 19.3 Å². The van der Waals surface area contributed by atoms with Crippen LogP contribution in [-0.2, 0) is 4.74 Å². The maximum Gasteiger partial charge on any atom is 0.343 e. The summed E-state index contributed by atoms with van der Waals surface area (Å²) in [6.45, 7) is 5.26. The second-order valence-electron chi connectivity index (χ2n) is 6.32. The van der Waals surface area contributed by atoms with Crippen molar-refractivity contribution in [3.63, 3.8) is 0 Å². The van der Waals surface area contributed by atoms with Gasteiger partial charge in [-0.2, -0.15) is 0 Å². The van der Waals surface area contributed by atoms with E-state index >= 15 is 0 Å². The SMILES string of the molecule is C=CCOCCCCCCOc1cccc(C(=O)O)c1OC(=O)c1ccccc1. The number of esters is 1. The Balaban J connectivity index is 1.93. The molecule has 0 heterocycles. The number of para-hydroxylation sites is 1. The molecule has 6 nitrogen and oxygen atoms in total. The number of rotatable bonds is 13. The van der Waals surface area contributed by atoms with Crippen molar-refractivity contribution in [2.24, 2.45) is 0 Å². The van der Waals surface area contributed by atoms with Gasteiger partial charge in [-0.05, 0) is 43.5 Å². The highest BCUT2D eigenvalue weighted by Gasteiger charge is 2.20. The van der Waals surface area contributed by atoms with Gasteiger partial charge in [0.25, 0.3) is 0 Å². The summed E-state index contributed by atoms with van der Waals surface area (Å²) in [6, 6.07) is 12.9. The summed E-state index contributed by atoms with van der Waals surface area (Å²) in [5.74, 6) is -1.66. The van der Waals surface area contributed by atoms with E-state index in [1.807, 2.05) is 0 Å². The topological polar surface area (TPSA) is 82.1 Å². The minimum Gasteiger partial charge on any atom is -0.490 e. The molecule has 0 aliphatic heterocycles. The van der Waals surface area contributed by atoms with E-state index in [0.717, 1.165) is 25.7 Å². The predicted octanol–water partition coefficient (Wildman–Crippen LogP) is 4.75. The molecule has 0 fully saturated rings. The van der Waals surface area contributed by atoms with Gasteiger partial charge in [-0.3, -0.25) is 0 Å².